The number of hydrogen-bond acceptors (Lipinski definition) is 5. The van der Waals surface area contributed by atoms with Gasteiger partial charge in [0.25, 0.3) is 0 Å². The normalized spacial score (nSPS) is 10.4. The molecule has 106 valence electrons. The van der Waals surface area contributed by atoms with Gasteiger partial charge in [-0.2, -0.15) is 0 Å². The van der Waals surface area contributed by atoms with Gasteiger partial charge in [0.2, 0.25) is 0 Å². The van der Waals surface area contributed by atoms with Crippen molar-refractivity contribution in [2.45, 2.75) is 46.0 Å². The minimum Gasteiger partial charge on any atom is -0.465 e. The Morgan fingerprint density at radius 3 is 1.89 bits per heavy atom. The van der Waals surface area contributed by atoms with Crippen molar-refractivity contribution >= 4 is 11.9 Å². The Balaban J connectivity index is 4.12. The van der Waals surface area contributed by atoms with Crippen LogP contribution in [-0.4, -0.2) is 36.9 Å². The van der Waals surface area contributed by atoms with Crippen molar-refractivity contribution in [2.75, 3.05) is 19.8 Å². The lowest BCUT2D eigenvalue weighted by Gasteiger charge is -2.14. The first kappa shape index (κ1) is 16.9. The molecule has 0 aromatic heterocycles. The monoisotopic (exact) mass is 260 g/mol. The van der Waals surface area contributed by atoms with Crippen LogP contribution in [0.5, 0.6) is 0 Å². The van der Waals surface area contributed by atoms with Gasteiger partial charge >= 0.3 is 11.9 Å². The number of unbranched alkanes of at least 4 members (excludes halogenated alkanes) is 3. The summed E-state index contributed by atoms with van der Waals surface area (Å²) in [6.45, 7) is 4.13. The second kappa shape index (κ2) is 11.0. The Bertz CT molecular complexity index is 222. The number of rotatable bonds is 10. The van der Waals surface area contributed by atoms with Crippen molar-refractivity contribution in [3.8, 4) is 0 Å². The van der Waals surface area contributed by atoms with Crippen molar-refractivity contribution in [1.82, 2.24) is 0 Å². The van der Waals surface area contributed by atoms with E-state index in [9.17, 15) is 9.59 Å². The molecule has 0 saturated carbocycles. The van der Waals surface area contributed by atoms with Crippen LogP contribution in [0.1, 0.15) is 46.0 Å². The third kappa shape index (κ3) is 7.27. The van der Waals surface area contributed by atoms with Gasteiger partial charge in [0.05, 0.1) is 13.2 Å². The zero-order valence-electron chi connectivity index (χ0n) is 11.3. The Hall–Kier alpha value is -1.10. The Kier molecular flexibility index (Phi) is 10.3. The summed E-state index contributed by atoms with van der Waals surface area (Å²) in [5, 5.41) is 8.64. The summed E-state index contributed by atoms with van der Waals surface area (Å²) < 4.78 is 9.74. The molecule has 0 aromatic carbocycles. The fraction of sp³-hybridized carbons (Fsp3) is 0.846. The summed E-state index contributed by atoms with van der Waals surface area (Å²) in [4.78, 5) is 23.2. The van der Waals surface area contributed by atoms with E-state index in [0.29, 0.717) is 6.42 Å². The third-order valence-electron chi connectivity index (χ3n) is 2.54. The highest BCUT2D eigenvalue weighted by molar-refractivity contribution is 5.94. The van der Waals surface area contributed by atoms with Gasteiger partial charge in [0.1, 0.15) is 0 Å². The number of carbonyl (C=O) groups is 2. The van der Waals surface area contributed by atoms with Crippen LogP contribution in [0, 0.1) is 5.92 Å². The zero-order chi connectivity index (χ0) is 13.8. The lowest BCUT2D eigenvalue weighted by Crippen LogP contribution is -2.28. The molecule has 0 fully saturated rings. The number of hydrogen-bond donors (Lipinski definition) is 1. The molecule has 1 N–H and O–H groups in total. The maximum Gasteiger partial charge on any atom is 0.320 e. The SMILES string of the molecule is CCOC(=O)C(CCCCCCO)C(=O)OCC. The maximum absolute atomic E-state index is 11.6. The molecule has 0 amide bonds. The lowest BCUT2D eigenvalue weighted by molar-refractivity contribution is -0.161. The number of aliphatic hydroxyl groups excluding tert-OH is 1. The summed E-state index contributed by atoms with van der Waals surface area (Å²) in [5.41, 5.74) is 0. The average Bonchev–Trinajstić information content (AvgIpc) is 2.34. The van der Waals surface area contributed by atoms with E-state index in [0.717, 1.165) is 25.7 Å². The first-order chi connectivity index (χ1) is 8.67. The van der Waals surface area contributed by atoms with Crippen LogP contribution in [0.25, 0.3) is 0 Å². The van der Waals surface area contributed by atoms with Crippen LogP contribution in [0.15, 0.2) is 0 Å². The molecule has 0 aromatic rings. The quantitative estimate of drug-likeness (QED) is 0.367. The van der Waals surface area contributed by atoms with Gasteiger partial charge < -0.3 is 14.6 Å². The minimum atomic E-state index is -0.806. The molecule has 0 rings (SSSR count). The van der Waals surface area contributed by atoms with E-state index in [1.165, 1.54) is 0 Å². The molecule has 0 bridgehead atoms. The van der Waals surface area contributed by atoms with Gasteiger partial charge in [-0.25, -0.2) is 0 Å². The highest BCUT2D eigenvalue weighted by Gasteiger charge is 2.28. The maximum atomic E-state index is 11.6. The molecular formula is C13H24O5. The van der Waals surface area contributed by atoms with Crippen LogP contribution < -0.4 is 0 Å². The first-order valence-corrected chi connectivity index (χ1v) is 6.61. The number of ether oxygens (including phenoxy) is 2. The summed E-state index contributed by atoms with van der Waals surface area (Å²) in [5.74, 6) is -1.81. The molecule has 0 heterocycles. The van der Waals surface area contributed by atoms with Crippen molar-refractivity contribution in [3.05, 3.63) is 0 Å². The van der Waals surface area contributed by atoms with Crippen LogP contribution in [0.2, 0.25) is 0 Å². The highest BCUT2D eigenvalue weighted by Crippen LogP contribution is 2.14. The van der Waals surface area contributed by atoms with Crippen LogP contribution >= 0.6 is 0 Å². The smallest absolute Gasteiger partial charge is 0.320 e. The van der Waals surface area contributed by atoms with E-state index in [1.807, 2.05) is 0 Å². The number of esters is 2. The first-order valence-electron chi connectivity index (χ1n) is 6.61. The molecule has 0 unspecified atom stereocenters. The van der Waals surface area contributed by atoms with Crippen LogP contribution in [0.3, 0.4) is 0 Å². The van der Waals surface area contributed by atoms with Gasteiger partial charge in [-0.1, -0.05) is 19.3 Å². The van der Waals surface area contributed by atoms with Crippen LogP contribution in [-0.2, 0) is 19.1 Å². The molecule has 0 saturated heterocycles. The molecule has 0 aliphatic heterocycles. The summed E-state index contributed by atoms with van der Waals surface area (Å²) in [7, 11) is 0. The van der Waals surface area contributed by atoms with E-state index in [1.54, 1.807) is 13.8 Å². The highest BCUT2D eigenvalue weighted by atomic mass is 16.6. The molecule has 5 nitrogen and oxygen atoms in total. The topological polar surface area (TPSA) is 72.8 Å². The molecule has 18 heavy (non-hydrogen) atoms. The zero-order valence-corrected chi connectivity index (χ0v) is 11.3. The molecule has 0 aliphatic carbocycles. The molecule has 0 spiro atoms. The predicted molar refractivity (Wildman–Crippen MR) is 66.9 cm³/mol. The largest absolute Gasteiger partial charge is 0.465 e. The lowest BCUT2D eigenvalue weighted by atomic mass is 10.0. The van der Waals surface area contributed by atoms with Crippen molar-refractivity contribution in [1.29, 1.82) is 0 Å². The van der Waals surface area contributed by atoms with E-state index in [4.69, 9.17) is 14.6 Å². The molecule has 0 radical (unpaired) electrons. The van der Waals surface area contributed by atoms with E-state index in [2.05, 4.69) is 0 Å². The Morgan fingerprint density at radius 1 is 0.944 bits per heavy atom. The molecule has 0 aliphatic rings. The van der Waals surface area contributed by atoms with Crippen molar-refractivity contribution in [3.63, 3.8) is 0 Å². The second-order valence-electron chi connectivity index (χ2n) is 3.98. The van der Waals surface area contributed by atoms with Gasteiger partial charge in [0.15, 0.2) is 5.92 Å². The van der Waals surface area contributed by atoms with Gasteiger partial charge in [-0.15, -0.1) is 0 Å². The molecule has 0 atom stereocenters. The summed E-state index contributed by atoms with van der Waals surface area (Å²) in [6, 6.07) is 0. The number of aliphatic hydroxyl groups is 1. The van der Waals surface area contributed by atoms with Gasteiger partial charge in [-0.3, -0.25) is 9.59 Å². The second-order valence-corrected chi connectivity index (χ2v) is 3.98. The minimum absolute atomic E-state index is 0.180. The number of carbonyl (C=O) groups excluding carboxylic acids is 2. The van der Waals surface area contributed by atoms with E-state index < -0.39 is 17.9 Å². The fourth-order valence-corrected chi connectivity index (χ4v) is 1.63. The van der Waals surface area contributed by atoms with Gasteiger partial charge in [-0.05, 0) is 26.7 Å². The third-order valence-corrected chi connectivity index (χ3v) is 2.54. The predicted octanol–water partition coefficient (Wildman–Crippen LogP) is 1.67. The average molecular weight is 260 g/mol. The van der Waals surface area contributed by atoms with Crippen molar-refractivity contribution < 1.29 is 24.2 Å². The summed E-state index contributed by atoms with van der Waals surface area (Å²) >= 11 is 0. The van der Waals surface area contributed by atoms with Crippen molar-refractivity contribution in [2.24, 2.45) is 5.92 Å². The van der Waals surface area contributed by atoms with E-state index >= 15 is 0 Å². The fourth-order valence-electron chi connectivity index (χ4n) is 1.63. The van der Waals surface area contributed by atoms with E-state index in [-0.39, 0.29) is 19.8 Å². The van der Waals surface area contributed by atoms with Crippen LogP contribution in [0.4, 0.5) is 0 Å². The standard InChI is InChI=1S/C13H24O5/c1-3-17-12(15)11(13(16)18-4-2)9-7-5-6-8-10-14/h11,14H,3-10H2,1-2H3. The molecule has 5 heteroatoms. The molecular weight excluding hydrogens is 236 g/mol. The summed E-state index contributed by atoms with van der Waals surface area (Å²) in [6.07, 6.45) is 3.74. The Labute approximate surface area is 108 Å². The van der Waals surface area contributed by atoms with Gasteiger partial charge in [0, 0.05) is 6.61 Å². The Morgan fingerprint density at radius 2 is 1.44 bits per heavy atom.